The first-order valence-corrected chi connectivity index (χ1v) is 16.5. The summed E-state index contributed by atoms with van der Waals surface area (Å²) >= 11 is 0. The van der Waals surface area contributed by atoms with Gasteiger partial charge in [0, 0.05) is 25.2 Å². The highest BCUT2D eigenvalue weighted by Crippen LogP contribution is 2.46. The van der Waals surface area contributed by atoms with Crippen molar-refractivity contribution >= 4 is 11.7 Å². The summed E-state index contributed by atoms with van der Waals surface area (Å²) in [7, 11) is 1.56. The van der Waals surface area contributed by atoms with E-state index in [1.807, 2.05) is 25.2 Å². The Balaban J connectivity index is 1.55. The van der Waals surface area contributed by atoms with Gasteiger partial charge in [0.05, 0.1) is 30.1 Å². The second kappa shape index (κ2) is 13.5. The molecule has 3 saturated heterocycles. The Bertz CT molecular complexity index is 1370. The largest absolute Gasteiger partial charge is 0.459 e. The number of esters is 1. The maximum absolute atomic E-state index is 14.1. The highest BCUT2D eigenvalue weighted by Gasteiger charge is 2.55. The number of allylic oxidation sites excluding steroid dienone is 7. The van der Waals surface area contributed by atoms with Crippen molar-refractivity contribution in [1.29, 1.82) is 0 Å². The smallest absolute Gasteiger partial charge is 0.337 e. The molecule has 0 aromatic heterocycles. The maximum atomic E-state index is 14.1. The van der Waals surface area contributed by atoms with E-state index in [0.29, 0.717) is 37.2 Å². The predicted octanol–water partition coefficient (Wildman–Crippen LogP) is 6.68. The number of nitrogens with zero attached hydrogens (tertiary/aromatic N) is 1. The number of oxime groups is 1. The van der Waals surface area contributed by atoms with E-state index >= 15 is 0 Å². The quantitative estimate of drug-likeness (QED) is 0.213. The van der Waals surface area contributed by atoms with Gasteiger partial charge in [0.15, 0.2) is 5.79 Å². The fourth-order valence-electron chi connectivity index (χ4n) is 7.54. The summed E-state index contributed by atoms with van der Waals surface area (Å²) in [6.07, 6.45) is 15.1. The Hall–Kier alpha value is -2.78. The summed E-state index contributed by atoms with van der Waals surface area (Å²) in [6.45, 7) is 14.9. The van der Waals surface area contributed by atoms with E-state index in [1.165, 1.54) is 5.57 Å². The second-order valence-corrected chi connectivity index (χ2v) is 14.1. The van der Waals surface area contributed by atoms with Crippen LogP contribution in [0.25, 0.3) is 0 Å². The van der Waals surface area contributed by atoms with Crippen LogP contribution in [-0.4, -0.2) is 66.3 Å². The molecule has 1 N–H and O–H groups in total. The first-order valence-electron chi connectivity index (χ1n) is 16.5. The van der Waals surface area contributed by atoms with Gasteiger partial charge in [-0.25, -0.2) is 4.79 Å². The number of hydrogen-bond donors (Lipinski definition) is 1. The lowest BCUT2D eigenvalue weighted by atomic mass is 9.78. The molecule has 2 bridgehead atoms. The highest BCUT2D eigenvalue weighted by molar-refractivity contribution is 5.94. The zero-order chi connectivity index (χ0) is 32.5. The Morgan fingerprint density at radius 3 is 2.71 bits per heavy atom. The lowest BCUT2D eigenvalue weighted by Gasteiger charge is -2.50. The van der Waals surface area contributed by atoms with Crippen molar-refractivity contribution < 1.29 is 33.7 Å². The van der Waals surface area contributed by atoms with Crippen molar-refractivity contribution in [2.75, 3.05) is 13.7 Å². The van der Waals surface area contributed by atoms with Crippen LogP contribution in [0.3, 0.4) is 0 Å². The fourth-order valence-corrected chi connectivity index (χ4v) is 7.54. The minimum Gasteiger partial charge on any atom is -0.459 e. The van der Waals surface area contributed by atoms with Crippen LogP contribution in [0, 0.1) is 17.8 Å². The van der Waals surface area contributed by atoms with Crippen molar-refractivity contribution in [2.45, 2.75) is 116 Å². The highest BCUT2D eigenvalue weighted by atomic mass is 16.7. The number of carbonyl (C=O) groups excluding carboxylic acids is 1. The zero-order valence-corrected chi connectivity index (χ0v) is 28.2. The average Bonchev–Trinajstić information content (AvgIpc) is 3.28. The molecule has 4 heterocycles. The average molecular weight is 622 g/mol. The molecule has 8 nitrogen and oxygen atoms in total. The van der Waals surface area contributed by atoms with Gasteiger partial charge in [-0.3, -0.25) is 0 Å². The zero-order valence-electron chi connectivity index (χ0n) is 28.2. The summed E-state index contributed by atoms with van der Waals surface area (Å²) < 4.78 is 26.1. The van der Waals surface area contributed by atoms with Gasteiger partial charge in [0.2, 0.25) is 0 Å². The minimum atomic E-state index is -1.60. The molecule has 4 aliphatic heterocycles. The van der Waals surface area contributed by atoms with E-state index in [-0.39, 0.29) is 36.2 Å². The third-order valence-corrected chi connectivity index (χ3v) is 9.59. The minimum absolute atomic E-state index is 0.0151. The van der Waals surface area contributed by atoms with Crippen molar-refractivity contribution in [3.63, 3.8) is 0 Å². The van der Waals surface area contributed by atoms with Crippen LogP contribution in [0.5, 0.6) is 0 Å². The van der Waals surface area contributed by atoms with Crippen LogP contribution in [0.15, 0.2) is 75.6 Å². The fraction of sp³-hybridized carbons (Fsp3) is 0.622. The van der Waals surface area contributed by atoms with Crippen LogP contribution < -0.4 is 0 Å². The van der Waals surface area contributed by atoms with Crippen LogP contribution in [-0.2, 0) is 28.6 Å². The van der Waals surface area contributed by atoms with Crippen molar-refractivity contribution in [1.82, 2.24) is 0 Å². The molecule has 8 atom stereocenters. The molecule has 8 heteroatoms. The second-order valence-electron chi connectivity index (χ2n) is 14.1. The van der Waals surface area contributed by atoms with Gasteiger partial charge in [-0.05, 0) is 68.7 Å². The van der Waals surface area contributed by atoms with Gasteiger partial charge in [-0.2, -0.15) is 0 Å². The molecule has 5 aliphatic rings. The molecule has 1 spiro atoms. The van der Waals surface area contributed by atoms with E-state index in [9.17, 15) is 9.90 Å². The van der Waals surface area contributed by atoms with E-state index < -0.39 is 29.6 Å². The van der Waals surface area contributed by atoms with Crippen molar-refractivity contribution in [3.8, 4) is 0 Å². The molecule has 1 aliphatic carbocycles. The third-order valence-electron chi connectivity index (χ3n) is 9.59. The van der Waals surface area contributed by atoms with Crippen LogP contribution in [0.4, 0.5) is 0 Å². The molecule has 0 saturated carbocycles. The lowest BCUT2D eigenvalue weighted by molar-refractivity contribution is -0.313. The van der Waals surface area contributed by atoms with Gasteiger partial charge >= 0.3 is 5.97 Å². The normalized spacial score (nSPS) is 41.8. The van der Waals surface area contributed by atoms with E-state index in [1.54, 1.807) is 13.2 Å². The molecule has 45 heavy (non-hydrogen) atoms. The molecule has 0 amide bonds. The summed E-state index contributed by atoms with van der Waals surface area (Å²) in [6, 6.07) is 0. The van der Waals surface area contributed by atoms with Gasteiger partial charge < -0.3 is 28.9 Å². The van der Waals surface area contributed by atoms with E-state index in [2.05, 4.69) is 64.9 Å². The molecule has 0 radical (unpaired) electrons. The topological polar surface area (TPSA) is 95.8 Å². The Kier molecular flexibility index (Phi) is 10.1. The van der Waals surface area contributed by atoms with Gasteiger partial charge in [-0.1, -0.05) is 74.4 Å². The van der Waals surface area contributed by atoms with Crippen LogP contribution >= 0.6 is 0 Å². The molecule has 5 rings (SSSR count). The van der Waals surface area contributed by atoms with E-state index in [0.717, 1.165) is 23.3 Å². The van der Waals surface area contributed by atoms with Crippen LogP contribution in [0.1, 0.15) is 80.6 Å². The number of rotatable bonds is 3. The number of hydrogen-bond acceptors (Lipinski definition) is 8. The van der Waals surface area contributed by atoms with E-state index in [4.69, 9.17) is 23.8 Å². The maximum Gasteiger partial charge on any atom is 0.337 e. The predicted molar refractivity (Wildman–Crippen MR) is 174 cm³/mol. The first-order chi connectivity index (χ1) is 21.3. The molecule has 0 aromatic carbocycles. The molecule has 0 aromatic rings. The number of aliphatic hydroxyl groups is 1. The number of fused-ring (bicyclic) bond motifs is 2. The Morgan fingerprint density at radius 1 is 1.20 bits per heavy atom. The summed E-state index contributed by atoms with van der Waals surface area (Å²) in [5.41, 5.74) is 3.32. The molecular formula is C37H51NO7. The summed E-state index contributed by atoms with van der Waals surface area (Å²) in [5.74, 6) is -0.993. The van der Waals surface area contributed by atoms with Crippen molar-refractivity contribution in [2.24, 2.45) is 22.9 Å². The first kappa shape index (κ1) is 33.6. The number of carbonyl (C=O) groups is 1. The molecule has 246 valence electrons. The molecule has 0 unspecified atom stereocenters. The van der Waals surface area contributed by atoms with Crippen LogP contribution in [0.2, 0.25) is 0 Å². The monoisotopic (exact) mass is 621 g/mol. The van der Waals surface area contributed by atoms with Gasteiger partial charge in [-0.15, -0.1) is 0 Å². The summed E-state index contributed by atoms with van der Waals surface area (Å²) in [4.78, 5) is 19.4. The number of ether oxygens (including phenoxy) is 4. The Labute approximate surface area is 268 Å². The molecular weight excluding hydrogens is 570 g/mol. The molecule has 3 fully saturated rings. The third kappa shape index (κ3) is 7.14. The summed E-state index contributed by atoms with van der Waals surface area (Å²) in [5, 5.41) is 16.5. The van der Waals surface area contributed by atoms with Gasteiger partial charge in [0.25, 0.3) is 0 Å². The van der Waals surface area contributed by atoms with Gasteiger partial charge in [0.1, 0.15) is 24.9 Å². The standard InChI is InChI=1S/C37H51NO7/c1-22(2)14-26(6)34-27(7)32(38-41-8)20-36(45-34)19-30-18-29(44-36)13-12-24(4)15-23(3)10-9-11-28-21-42-33-17-25(5)16-31(35(39)43-30)37(28,33)40/h9-12,14,16-17,22-23,27,29-30,33-34,40H,13,15,18-21H2,1-8H3/b10-9+,24-12+,26-14+,28-11+,38-32+/t23-,27-,29+,30-,33+,34+,36-,37+/m0/s1. The SMILES string of the molecule is CO/N=C1\C[C@]2(C[C@@H]3C[C@@H](C/C=C(\C)C[C@@H](C)/C=C/C=C4\CO[C@@H]5C=C(C)C=C(C(=O)O3)[C@]45O)O2)O[C@H](/C(C)=C/C(C)C)[C@H]1C. The Morgan fingerprint density at radius 2 is 1.98 bits per heavy atom. The van der Waals surface area contributed by atoms with Crippen molar-refractivity contribution in [3.05, 3.63) is 70.4 Å². The lowest BCUT2D eigenvalue weighted by Crippen LogP contribution is -2.57.